The molecule has 0 saturated heterocycles. The van der Waals surface area contributed by atoms with E-state index in [1.165, 1.54) is 11.1 Å². The molecule has 0 spiro atoms. The van der Waals surface area contributed by atoms with Crippen LogP contribution in [0.1, 0.15) is 37.5 Å². The molecule has 0 radical (unpaired) electrons. The lowest BCUT2D eigenvalue weighted by Gasteiger charge is -2.22. The lowest BCUT2D eigenvalue weighted by atomic mass is 9.94. The molecule has 3 nitrogen and oxygen atoms in total. The molecule has 0 N–H and O–H groups in total. The molecule has 3 heteroatoms. The largest absolute Gasteiger partial charge is 0.494 e. The Morgan fingerprint density at radius 3 is 2.65 bits per heavy atom. The van der Waals surface area contributed by atoms with Gasteiger partial charge in [-0.15, -0.1) is 0 Å². The highest BCUT2D eigenvalue weighted by Crippen LogP contribution is 2.39. The fraction of sp³-hybridized carbons (Fsp3) is 0.412. The van der Waals surface area contributed by atoms with Crippen LogP contribution >= 0.6 is 0 Å². The van der Waals surface area contributed by atoms with Gasteiger partial charge in [-0.3, -0.25) is 0 Å². The molecule has 0 fully saturated rings. The van der Waals surface area contributed by atoms with Crippen LogP contribution in [-0.2, 0) is 17.8 Å². The molecule has 1 heterocycles. The molecule has 108 valence electrons. The Morgan fingerprint density at radius 2 is 2.05 bits per heavy atom. The minimum Gasteiger partial charge on any atom is -0.494 e. The van der Waals surface area contributed by atoms with Gasteiger partial charge in [-0.25, -0.2) is 0 Å². The average molecular weight is 274 g/mol. The van der Waals surface area contributed by atoms with E-state index < -0.39 is 0 Å². The molecule has 0 saturated carbocycles. The summed E-state index contributed by atoms with van der Waals surface area (Å²) < 4.78 is 16.6. The van der Waals surface area contributed by atoms with E-state index in [1.54, 1.807) is 14.2 Å². The quantitative estimate of drug-likeness (QED) is 0.773. The molecule has 0 amide bonds. The number of ether oxygens (including phenoxy) is 3. The highest BCUT2D eigenvalue weighted by Gasteiger charge is 2.20. The van der Waals surface area contributed by atoms with E-state index in [4.69, 9.17) is 14.2 Å². The van der Waals surface area contributed by atoms with Crippen molar-refractivity contribution in [1.82, 2.24) is 0 Å². The van der Waals surface area contributed by atoms with E-state index in [1.807, 2.05) is 13.0 Å². The summed E-state index contributed by atoms with van der Waals surface area (Å²) in [5.41, 5.74) is 4.79. The number of benzene rings is 1. The second kappa shape index (κ2) is 6.04. The molecule has 2 rings (SSSR count). The first-order chi connectivity index (χ1) is 9.56. The van der Waals surface area contributed by atoms with Crippen molar-refractivity contribution in [2.45, 2.75) is 33.8 Å². The second-order valence-electron chi connectivity index (χ2n) is 5.19. The van der Waals surface area contributed by atoms with Gasteiger partial charge in [0.2, 0.25) is 0 Å². The van der Waals surface area contributed by atoms with E-state index in [2.05, 4.69) is 26.0 Å². The molecule has 0 bridgehead atoms. The minimum absolute atomic E-state index is 0.583. The summed E-state index contributed by atoms with van der Waals surface area (Å²) in [6.45, 7) is 6.76. The van der Waals surface area contributed by atoms with Crippen molar-refractivity contribution in [2.24, 2.45) is 0 Å². The Bertz CT molecular complexity index is 564. The SMILES string of the molecule is COc1cc2c(c(CC=C(C)C)c1OC)C=C(C)OC2. The van der Waals surface area contributed by atoms with Crippen LogP contribution in [0.4, 0.5) is 0 Å². The molecular weight excluding hydrogens is 252 g/mol. The van der Waals surface area contributed by atoms with Crippen molar-refractivity contribution in [2.75, 3.05) is 14.2 Å². The van der Waals surface area contributed by atoms with E-state index in [9.17, 15) is 0 Å². The Labute approximate surface area is 120 Å². The fourth-order valence-corrected chi connectivity index (χ4v) is 2.39. The van der Waals surface area contributed by atoms with E-state index >= 15 is 0 Å². The molecular formula is C17H22O3. The Morgan fingerprint density at radius 1 is 1.30 bits per heavy atom. The van der Waals surface area contributed by atoms with Crippen molar-refractivity contribution in [3.8, 4) is 11.5 Å². The van der Waals surface area contributed by atoms with Crippen LogP contribution in [-0.4, -0.2) is 14.2 Å². The smallest absolute Gasteiger partial charge is 0.164 e. The van der Waals surface area contributed by atoms with E-state index in [0.29, 0.717) is 6.61 Å². The van der Waals surface area contributed by atoms with Crippen LogP contribution in [0.2, 0.25) is 0 Å². The van der Waals surface area contributed by atoms with Crippen LogP contribution in [0.25, 0.3) is 6.08 Å². The summed E-state index contributed by atoms with van der Waals surface area (Å²) in [5, 5.41) is 0. The van der Waals surface area contributed by atoms with Gasteiger partial charge in [0.15, 0.2) is 11.5 Å². The predicted molar refractivity (Wildman–Crippen MR) is 81.1 cm³/mol. The molecule has 1 aromatic rings. The van der Waals surface area contributed by atoms with Gasteiger partial charge < -0.3 is 14.2 Å². The van der Waals surface area contributed by atoms with Gasteiger partial charge >= 0.3 is 0 Å². The molecule has 0 atom stereocenters. The van der Waals surface area contributed by atoms with Crippen LogP contribution < -0.4 is 9.47 Å². The van der Waals surface area contributed by atoms with Gasteiger partial charge in [0.1, 0.15) is 6.61 Å². The molecule has 1 aliphatic rings. The van der Waals surface area contributed by atoms with Crippen molar-refractivity contribution in [1.29, 1.82) is 0 Å². The van der Waals surface area contributed by atoms with Gasteiger partial charge in [-0.2, -0.15) is 0 Å². The van der Waals surface area contributed by atoms with E-state index in [0.717, 1.165) is 34.8 Å². The summed E-state index contributed by atoms with van der Waals surface area (Å²) in [6, 6.07) is 2.00. The normalized spacial score (nSPS) is 12.9. The third-order valence-corrected chi connectivity index (χ3v) is 3.42. The van der Waals surface area contributed by atoms with Crippen molar-refractivity contribution < 1.29 is 14.2 Å². The third kappa shape index (κ3) is 2.82. The number of rotatable bonds is 4. The zero-order chi connectivity index (χ0) is 14.7. The van der Waals surface area contributed by atoms with Gasteiger partial charge in [0, 0.05) is 11.1 Å². The van der Waals surface area contributed by atoms with Crippen LogP contribution in [0.5, 0.6) is 11.5 Å². The first kappa shape index (κ1) is 14.5. The fourth-order valence-electron chi connectivity index (χ4n) is 2.39. The highest BCUT2D eigenvalue weighted by atomic mass is 16.5. The Hall–Kier alpha value is -1.90. The summed E-state index contributed by atoms with van der Waals surface area (Å²) in [6.07, 6.45) is 5.11. The molecule has 20 heavy (non-hydrogen) atoms. The number of fused-ring (bicyclic) bond motifs is 1. The summed E-state index contributed by atoms with van der Waals surface area (Å²) >= 11 is 0. The van der Waals surface area contributed by atoms with Crippen molar-refractivity contribution in [3.63, 3.8) is 0 Å². The lowest BCUT2D eigenvalue weighted by Crippen LogP contribution is -2.07. The Balaban J connectivity index is 2.63. The topological polar surface area (TPSA) is 27.7 Å². The molecule has 0 unspecified atom stereocenters. The molecule has 0 aromatic heterocycles. The lowest BCUT2D eigenvalue weighted by molar-refractivity contribution is 0.198. The summed E-state index contributed by atoms with van der Waals surface area (Å²) in [4.78, 5) is 0. The van der Waals surface area contributed by atoms with Crippen LogP contribution in [0, 0.1) is 0 Å². The average Bonchev–Trinajstić information content (AvgIpc) is 2.43. The molecule has 0 aliphatic carbocycles. The van der Waals surface area contributed by atoms with Gasteiger partial charge in [-0.05, 0) is 44.9 Å². The number of allylic oxidation sites excluding steroid dienone is 3. The molecule has 1 aromatic carbocycles. The zero-order valence-corrected chi connectivity index (χ0v) is 12.9. The van der Waals surface area contributed by atoms with Gasteiger partial charge in [0.25, 0.3) is 0 Å². The summed E-state index contributed by atoms with van der Waals surface area (Å²) in [7, 11) is 3.35. The highest BCUT2D eigenvalue weighted by molar-refractivity contribution is 5.68. The van der Waals surface area contributed by atoms with Crippen molar-refractivity contribution >= 4 is 6.08 Å². The maximum absolute atomic E-state index is 5.61. The first-order valence-electron chi connectivity index (χ1n) is 6.78. The maximum atomic E-state index is 5.61. The monoisotopic (exact) mass is 274 g/mol. The standard InChI is InChI=1S/C17H22O3/c1-11(2)6-7-14-15-8-12(3)20-10-13(15)9-16(18-4)17(14)19-5/h6,8-9H,7,10H2,1-5H3. The molecule has 1 aliphatic heterocycles. The van der Waals surface area contributed by atoms with Gasteiger partial charge in [0.05, 0.1) is 20.0 Å². The van der Waals surface area contributed by atoms with Crippen molar-refractivity contribution in [3.05, 3.63) is 40.2 Å². The van der Waals surface area contributed by atoms with Crippen LogP contribution in [0.3, 0.4) is 0 Å². The number of methoxy groups -OCH3 is 2. The van der Waals surface area contributed by atoms with E-state index in [-0.39, 0.29) is 0 Å². The first-order valence-corrected chi connectivity index (χ1v) is 6.78. The summed E-state index contributed by atoms with van der Waals surface area (Å²) in [5.74, 6) is 2.51. The van der Waals surface area contributed by atoms with Gasteiger partial charge in [-0.1, -0.05) is 11.6 Å². The number of hydrogen-bond acceptors (Lipinski definition) is 3. The zero-order valence-electron chi connectivity index (χ0n) is 12.9. The van der Waals surface area contributed by atoms with Crippen LogP contribution in [0.15, 0.2) is 23.5 Å². The Kier molecular flexibility index (Phi) is 4.38. The maximum Gasteiger partial charge on any atom is 0.164 e. The number of hydrogen-bond donors (Lipinski definition) is 0. The second-order valence-corrected chi connectivity index (χ2v) is 5.19. The minimum atomic E-state index is 0.583. The third-order valence-electron chi connectivity index (χ3n) is 3.42. The predicted octanol–water partition coefficient (Wildman–Crippen LogP) is 4.10.